The number of nitrogens with zero attached hydrogens (tertiary/aromatic N) is 4. The van der Waals surface area contributed by atoms with Crippen LogP contribution in [0.4, 0.5) is 5.69 Å². The molecule has 1 aromatic carbocycles. The summed E-state index contributed by atoms with van der Waals surface area (Å²) >= 11 is 0. The first-order valence-electron chi connectivity index (χ1n) is 8.45. The SMILES string of the molecule is CN(C)CCn1ccc2ccc(NC(=O)c3ccc4[nH]ncc4n3)cc21. The highest BCUT2D eigenvalue weighted by molar-refractivity contribution is 6.04. The normalized spacial score (nSPS) is 11.5. The molecule has 0 saturated heterocycles. The lowest BCUT2D eigenvalue weighted by atomic mass is 10.2. The van der Waals surface area contributed by atoms with Gasteiger partial charge in [-0.15, -0.1) is 0 Å². The molecule has 7 heteroatoms. The number of carbonyl (C=O) groups is 1. The summed E-state index contributed by atoms with van der Waals surface area (Å²) in [5, 5.41) is 10.8. The van der Waals surface area contributed by atoms with Gasteiger partial charge in [-0.05, 0) is 49.8 Å². The number of likely N-dealkylation sites (N-methyl/N-ethyl adjacent to an activating group) is 1. The fraction of sp³-hybridized carbons (Fsp3) is 0.211. The van der Waals surface area contributed by atoms with Crippen LogP contribution in [0.25, 0.3) is 21.9 Å². The molecule has 0 unspecified atom stereocenters. The molecule has 0 aliphatic rings. The van der Waals surface area contributed by atoms with Gasteiger partial charge in [-0.2, -0.15) is 5.10 Å². The van der Waals surface area contributed by atoms with Gasteiger partial charge >= 0.3 is 0 Å². The quantitative estimate of drug-likeness (QED) is 0.581. The fourth-order valence-electron chi connectivity index (χ4n) is 2.92. The number of H-pyrrole nitrogens is 1. The highest BCUT2D eigenvalue weighted by Crippen LogP contribution is 2.21. The van der Waals surface area contributed by atoms with Crippen molar-refractivity contribution in [2.24, 2.45) is 0 Å². The zero-order valence-corrected chi connectivity index (χ0v) is 14.7. The van der Waals surface area contributed by atoms with E-state index in [9.17, 15) is 4.79 Å². The number of hydrogen-bond donors (Lipinski definition) is 2. The Hall–Kier alpha value is -3.19. The molecule has 0 aliphatic carbocycles. The monoisotopic (exact) mass is 348 g/mol. The number of nitrogens with one attached hydrogen (secondary N) is 2. The van der Waals surface area contributed by atoms with E-state index in [2.05, 4.69) is 56.3 Å². The number of aromatic nitrogens is 4. The first-order valence-corrected chi connectivity index (χ1v) is 8.45. The second-order valence-electron chi connectivity index (χ2n) is 6.54. The Morgan fingerprint density at radius 3 is 2.96 bits per heavy atom. The van der Waals surface area contributed by atoms with Crippen molar-refractivity contribution in [3.8, 4) is 0 Å². The number of fused-ring (bicyclic) bond motifs is 2. The summed E-state index contributed by atoms with van der Waals surface area (Å²) in [6, 6.07) is 11.5. The smallest absolute Gasteiger partial charge is 0.274 e. The van der Waals surface area contributed by atoms with E-state index < -0.39 is 0 Å². The van der Waals surface area contributed by atoms with Gasteiger partial charge in [-0.3, -0.25) is 9.89 Å². The molecule has 0 atom stereocenters. The third-order valence-electron chi connectivity index (χ3n) is 4.35. The van der Waals surface area contributed by atoms with Crippen molar-refractivity contribution >= 4 is 33.5 Å². The number of anilines is 1. The van der Waals surface area contributed by atoms with Crippen LogP contribution in [0.1, 0.15) is 10.5 Å². The summed E-state index contributed by atoms with van der Waals surface area (Å²) in [6.45, 7) is 1.85. The minimum absolute atomic E-state index is 0.237. The minimum Gasteiger partial charge on any atom is -0.346 e. The molecular formula is C19H20N6O. The molecule has 0 radical (unpaired) electrons. The molecule has 3 aromatic heterocycles. The maximum atomic E-state index is 12.5. The van der Waals surface area contributed by atoms with Gasteiger partial charge in [0.05, 0.1) is 17.2 Å². The number of carbonyl (C=O) groups excluding carboxylic acids is 1. The number of rotatable bonds is 5. The Kier molecular flexibility index (Phi) is 4.14. The molecule has 3 heterocycles. The fourth-order valence-corrected chi connectivity index (χ4v) is 2.92. The number of amides is 1. The number of pyridine rings is 1. The second kappa shape index (κ2) is 6.61. The highest BCUT2D eigenvalue weighted by atomic mass is 16.1. The number of aromatic amines is 1. The van der Waals surface area contributed by atoms with Gasteiger partial charge in [0.25, 0.3) is 5.91 Å². The molecule has 4 rings (SSSR count). The maximum Gasteiger partial charge on any atom is 0.274 e. The lowest BCUT2D eigenvalue weighted by molar-refractivity contribution is 0.102. The van der Waals surface area contributed by atoms with E-state index in [1.807, 2.05) is 18.2 Å². The summed E-state index contributed by atoms with van der Waals surface area (Å²) in [4.78, 5) is 19.0. The molecule has 0 fully saturated rings. The predicted octanol–water partition coefficient (Wildman–Crippen LogP) is 2.73. The summed E-state index contributed by atoms with van der Waals surface area (Å²) in [5.74, 6) is -0.237. The molecule has 0 spiro atoms. The lowest BCUT2D eigenvalue weighted by Gasteiger charge is -2.12. The largest absolute Gasteiger partial charge is 0.346 e. The van der Waals surface area contributed by atoms with Gasteiger partial charge in [0.15, 0.2) is 0 Å². The third-order valence-corrected chi connectivity index (χ3v) is 4.35. The van der Waals surface area contributed by atoms with Gasteiger partial charge in [0.1, 0.15) is 11.2 Å². The van der Waals surface area contributed by atoms with Gasteiger partial charge in [-0.1, -0.05) is 6.07 Å². The summed E-state index contributed by atoms with van der Waals surface area (Å²) in [6.07, 6.45) is 3.68. The standard InChI is InChI=1S/C19H20N6O/c1-24(2)9-10-25-8-7-13-3-4-14(11-18(13)25)21-19(26)16-6-5-15-17(22-16)12-20-23-15/h3-8,11-12H,9-10H2,1-2H3,(H,20,23)(H,21,26). The third kappa shape index (κ3) is 3.16. The Labute approximate surface area is 150 Å². The number of hydrogen-bond acceptors (Lipinski definition) is 4. The van der Waals surface area contributed by atoms with Crippen LogP contribution in [-0.2, 0) is 6.54 Å². The molecule has 4 aromatic rings. The first-order chi connectivity index (χ1) is 12.6. The van der Waals surface area contributed by atoms with E-state index in [-0.39, 0.29) is 5.91 Å². The van der Waals surface area contributed by atoms with Crippen molar-refractivity contribution in [2.45, 2.75) is 6.54 Å². The van der Waals surface area contributed by atoms with E-state index in [1.54, 1.807) is 18.3 Å². The molecule has 1 amide bonds. The Bertz CT molecular complexity index is 1080. The van der Waals surface area contributed by atoms with Crippen molar-refractivity contribution < 1.29 is 4.79 Å². The molecule has 132 valence electrons. The summed E-state index contributed by atoms with van der Waals surface area (Å²) in [7, 11) is 4.11. The zero-order valence-electron chi connectivity index (χ0n) is 14.7. The Morgan fingerprint density at radius 1 is 1.23 bits per heavy atom. The van der Waals surface area contributed by atoms with Crippen LogP contribution in [0.15, 0.2) is 48.8 Å². The van der Waals surface area contributed by atoms with E-state index in [4.69, 9.17) is 0 Å². The topological polar surface area (TPSA) is 78.8 Å². The van der Waals surface area contributed by atoms with Crippen molar-refractivity contribution in [3.63, 3.8) is 0 Å². The molecule has 0 saturated carbocycles. The van der Waals surface area contributed by atoms with Crippen LogP contribution < -0.4 is 5.32 Å². The molecular weight excluding hydrogens is 328 g/mol. The molecule has 0 bridgehead atoms. The van der Waals surface area contributed by atoms with Crippen molar-refractivity contribution in [2.75, 3.05) is 26.0 Å². The highest BCUT2D eigenvalue weighted by Gasteiger charge is 2.10. The minimum atomic E-state index is -0.237. The van der Waals surface area contributed by atoms with Crippen LogP contribution in [0.2, 0.25) is 0 Å². The van der Waals surface area contributed by atoms with Gasteiger partial charge < -0.3 is 14.8 Å². The van der Waals surface area contributed by atoms with E-state index in [1.165, 1.54) is 0 Å². The van der Waals surface area contributed by atoms with Gasteiger partial charge in [0, 0.05) is 25.0 Å². The average molecular weight is 348 g/mol. The van der Waals surface area contributed by atoms with Crippen LogP contribution in [-0.4, -0.2) is 51.2 Å². The van der Waals surface area contributed by atoms with Crippen LogP contribution in [0.3, 0.4) is 0 Å². The molecule has 26 heavy (non-hydrogen) atoms. The average Bonchev–Trinajstić information content (AvgIpc) is 3.25. The Balaban J connectivity index is 1.57. The van der Waals surface area contributed by atoms with E-state index >= 15 is 0 Å². The van der Waals surface area contributed by atoms with Crippen molar-refractivity contribution in [1.82, 2.24) is 24.6 Å². The van der Waals surface area contributed by atoms with Crippen LogP contribution in [0.5, 0.6) is 0 Å². The lowest BCUT2D eigenvalue weighted by Crippen LogP contribution is -2.18. The summed E-state index contributed by atoms with van der Waals surface area (Å²) < 4.78 is 2.20. The molecule has 2 N–H and O–H groups in total. The van der Waals surface area contributed by atoms with E-state index in [0.717, 1.165) is 35.2 Å². The van der Waals surface area contributed by atoms with Crippen LogP contribution in [0, 0.1) is 0 Å². The van der Waals surface area contributed by atoms with Gasteiger partial charge in [-0.25, -0.2) is 4.98 Å². The second-order valence-corrected chi connectivity index (χ2v) is 6.54. The molecule has 0 aliphatic heterocycles. The van der Waals surface area contributed by atoms with Crippen LogP contribution >= 0.6 is 0 Å². The number of benzene rings is 1. The van der Waals surface area contributed by atoms with Gasteiger partial charge in [0.2, 0.25) is 0 Å². The predicted molar refractivity (Wildman–Crippen MR) is 102 cm³/mol. The van der Waals surface area contributed by atoms with Crippen molar-refractivity contribution in [3.05, 3.63) is 54.5 Å². The van der Waals surface area contributed by atoms with Crippen molar-refractivity contribution in [1.29, 1.82) is 0 Å². The Morgan fingerprint density at radius 2 is 2.12 bits per heavy atom. The maximum absolute atomic E-state index is 12.5. The zero-order chi connectivity index (χ0) is 18.1. The molecule has 7 nitrogen and oxygen atoms in total. The first kappa shape index (κ1) is 16.3. The summed E-state index contributed by atoms with van der Waals surface area (Å²) in [5.41, 5.74) is 3.69. The van der Waals surface area contributed by atoms with E-state index in [0.29, 0.717) is 11.2 Å².